The maximum absolute atomic E-state index is 8.97. The number of hydrogen-bond donors (Lipinski definition) is 2. The van der Waals surface area contributed by atoms with Crippen molar-refractivity contribution in [2.24, 2.45) is 0 Å². The van der Waals surface area contributed by atoms with Crippen molar-refractivity contribution in [3.05, 3.63) is 11.6 Å². The van der Waals surface area contributed by atoms with E-state index in [2.05, 4.69) is 0 Å². The van der Waals surface area contributed by atoms with E-state index >= 15 is 0 Å². The summed E-state index contributed by atoms with van der Waals surface area (Å²) in [6.45, 7) is 3.72. The van der Waals surface area contributed by atoms with Crippen LogP contribution in [0.3, 0.4) is 0 Å². The molecule has 0 amide bonds. The molecule has 0 rings (SSSR count). The first kappa shape index (κ1) is 8.66. The lowest BCUT2D eigenvalue weighted by Gasteiger charge is -2.00. The van der Waals surface area contributed by atoms with Crippen LogP contribution in [0.4, 0.5) is 0 Å². The molecular formula is C7H14O2. The van der Waals surface area contributed by atoms with Crippen molar-refractivity contribution < 1.29 is 10.2 Å². The SMILES string of the molecule is CCC(O)/C=C(/C)CO. The van der Waals surface area contributed by atoms with Crippen LogP contribution in [0.1, 0.15) is 20.3 Å². The Labute approximate surface area is 55.8 Å². The first-order valence-electron chi connectivity index (χ1n) is 3.17. The van der Waals surface area contributed by atoms with Crippen LogP contribution >= 0.6 is 0 Å². The molecule has 0 aliphatic carbocycles. The summed E-state index contributed by atoms with van der Waals surface area (Å²) in [5, 5.41) is 17.5. The van der Waals surface area contributed by atoms with Gasteiger partial charge in [0.15, 0.2) is 0 Å². The Balaban J connectivity index is 3.64. The first-order chi connectivity index (χ1) is 4.20. The number of aliphatic hydroxyl groups is 2. The summed E-state index contributed by atoms with van der Waals surface area (Å²) in [5.74, 6) is 0. The molecule has 1 unspecified atom stereocenters. The van der Waals surface area contributed by atoms with Gasteiger partial charge in [-0.05, 0) is 18.9 Å². The summed E-state index contributed by atoms with van der Waals surface area (Å²) in [4.78, 5) is 0. The zero-order valence-electron chi connectivity index (χ0n) is 5.96. The molecule has 0 radical (unpaired) electrons. The highest BCUT2D eigenvalue weighted by molar-refractivity contribution is 5.00. The Morgan fingerprint density at radius 1 is 1.67 bits per heavy atom. The van der Waals surface area contributed by atoms with Crippen molar-refractivity contribution in [1.82, 2.24) is 0 Å². The molecule has 1 atom stereocenters. The minimum atomic E-state index is -0.392. The molecule has 0 aliphatic heterocycles. The van der Waals surface area contributed by atoms with Crippen molar-refractivity contribution >= 4 is 0 Å². The van der Waals surface area contributed by atoms with Gasteiger partial charge in [0.25, 0.3) is 0 Å². The van der Waals surface area contributed by atoms with Gasteiger partial charge in [-0.3, -0.25) is 0 Å². The molecule has 0 heterocycles. The molecule has 0 aromatic carbocycles. The molecule has 0 aliphatic rings. The Kier molecular flexibility index (Phi) is 4.36. The van der Waals surface area contributed by atoms with Crippen molar-refractivity contribution in [3.63, 3.8) is 0 Å². The highest BCUT2D eigenvalue weighted by Gasteiger charge is 1.94. The molecule has 0 fully saturated rings. The quantitative estimate of drug-likeness (QED) is 0.552. The second-order valence-electron chi connectivity index (χ2n) is 2.15. The van der Waals surface area contributed by atoms with Crippen molar-refractivity contribution in [1.29, 1.82) is 0 Å². The van der Waals surface area contributed by atoms with Crippen molar-refractivity contribution in [2.45, 2.75) is 26.4 Å². The fraction of sp³-hybridized carbons (Fsp3) is 0.714. The molecule has 2 N–H and O–H groups in total. The number of rotatable bonds is 3. The van der Waals surface area contributed by atoms with Gasteiger partial charge in [0.05, 0.1) is 12.7 Å². The Morgan fingerprint density at radius 3 is 2.56 bits per heavy atom. The van der Waals surface area contributed by atoms with Crippen LogP contribution in [0.5, 0.6) is 0 Å². The van der Waals surface area contributed by atoms with Crippen LogP contribution in [0.15, 0.2) is 11.6 Å². The van der Waals surface area contributed by atoms with Gasteiger partial charge >= 0.3 is 0 Å². The molecule has 54 valence electrons. The lowest BCUT2D eigenvalue weighted by Crippen LogP contribution is -2.01. The molecule has 2 heteroatoms. The summed E-state index contributed by atoms with van der Waals surface area (Å²) >= 11 is 0. The third-order valence-corrected chi connectivity index (χ3v) is 1.14. The second-order valence-corrected chi connectivity index (χ2v) is 2.15. The third kappa shape index (κ3) is 4.18. The molecular weight excluding hydrogens is 116 g/mol. The van der Waals surface area contributed by atoms with Gasteiger partial charge in [0.1, 0.15) is 0 Å². The van der Waals surface area contributed by atoms with Gasteiger partial charge in [-0.1, -0.05) is 13.0 Å². The van der Waals surface area contributed by atoms with Crippen LogP contribution in [0.25, 0.3) is 0 Å². The van der Waals surface area contributed by atoms with Gasteiger partial charge in [0.2, 0.25) is 0 Å². The fourth-order valence-electron chi connectivity index (χ4n) is 0.499. The van der Waals surface area contributed by atoms with E-state index < -0.39 is 6.10 Å². The maximum atomic E-state index is 8.97. The predicted molar refractivity (Wildman–Crippen MR) is 37.1 cm³/mol. The van der Waals surface area contributed by atoms with E-state index in [1.54, 1.807) is 13.0 Å². The van der Waals surface area contributed by atoms with E-state index in [9.17, 15) is 0 Å². The minimum absolute atomic E-state index is 0.0387. The number of hydrogen-bond acceptors (Lipinski definition) is 2. The topological polar surface area (TPSA) is 40.5 Å². The largest absolute Gasteiger partial charge is 0.392 e. The van der Waals surface area contributed by atoms with Gasteiger partial charge in [0, 0.05) is 0 Å². The van der Waals surface area contributed by atoms with Crippen LogP contribution < -0.4 is 0 Å². The average Bonchev–Trinajstić information content (AvgIpc) is 1.87. The predicted octanol–water partition coefficient (Wildman–Crippen LogP) is 0.696. The molecule has 0 saturated heterocycles. The molecule has 0 spiro atoms. The van der Waals surface area contributed by atoms with Crippen LogP contribution in [0.2, 0.25) is 0 Å². The summed E-state index contributed by atoms with van der Waals surface area (Å²) in [5.41, 5.74) is 0.823. The number of aliphatic hydroxyl groups excluding tert-OH is 2. The zero-order valence-corrected chi connectivity index (χ0v) is 5.96. The van der Waals surface area contributed by atoms with E-state index in [1.807, 2.05) is 6.92 Å². The molecule has 9 heavy (non-hydrogen) atoms. The standard InChI is InChI=1S/C7H14O2/c1-3-7(9)4-6(2)5-8/h4,7-9H,3,5H2,1-2H3/b6-4-. The third-order valence-electron chi connectivity index (χ3n) is 1.14. The monoisotopic (exact) mass is 130 g/mol. The highest BCUT2D eigenvalue weighted by Crippen LogP contribution is 1.97. The van der Waals surface area contributed by atoms with Gasteiger partial charge in [-0.2, -0.15) is 0 Å². The Bertz CT molecular complexity index is 97.1. The lowest BCUT2D eigenvalue weighted by molar-refractivity contribution is 0.216. The second kappa shape index (κ2) is 4.53. The van der Waals surface area contributed by atoms with Crippen LogP contribution in [0, 0.1) is 0 Å². The molecule has 2 nitrogen and oxygen atoms in total. The van der Waals surface area contributed by atoms with Gasteiger partial charge in [-0.25, -0.2) is 0 Å². The van der Waals surface area contributed by atoms with Gasteiger partial charge < -0.3 is 10.2 Å². The van der Waals surface area contributed by atoms with Gasteiger partial charge in [-0.15, -0.1) is 0 Å². The fourth-order valence-corrected chi connectivity index (χ4v) is 0.499. The minimum Gasteiger partial charge on any atom is -0.392 e. The summed E-state index contributed by atoms with van der Waals surface area (Å²) < 4.78 is 0. The van der Waals surface area contributed by atoms with E-state index in [-0.39, 0.29) is 6.61 Å². The smallest absolute Gasteiger partial charge is 0.0721 e. The van der Waals surface area contributed by atoms with E-state index in [1.165, 1.54) is 0 Å². The van der Waals surface area contributed by atoms with Crippen molar-refractivity contribution in [3.8, 4) is 0 Å². The lowest BCUT2D eigenvalue weighted by atomic mass is 10.2. The molecule has 0 aromatic heterocycles. The summed E-state index contributed by atoms with van der Waals surface area (Å²) in [6.07, 6.45) is 1.98. The highest BCUT2D eigenvalue weighted by atomic mass is 16.3. The average molecular weight is 130 g/mol. The summed E-state index contributed by atoms with van der Waals surface area (Å²) in [6, 6.07) is 0. The normalized spacial score (nSPS) is 15.8. The molecule has 0 saturated carbocycles. The van der Waals surface area contributed by atoms with Crippen LogP contribution in [-0.2, 0) is 0 Å². The van der Waals surface area contributed by atoms with E-state index in [0.717, 1.165) is 5.57 Å². The Hall–Kier alpha value is -0.340. The molecule has 0 bridgehead atoms. The maximum Gasteiger partial charge on any atom is 0.0721 e. The summed E-state index contributed by atoms with van der Waals surface area (Å²) in [7, 11) is 0. The van der Waals surface area contributed by atoms with E-state index in [0.29, 0.717) is 6.42 Å². The zero-order chi connectivity index (χ0) is 7.28. The molecule has 0 aromatic rings. The van der Waals surface area contributed by atoms with Crippen LogP contribution in [-0.4, -0.2) is 22.9 Å². The van der Waals surface area contributed by atoms with E-state index in [4.69, 9.17) is 10.2 Å². The first-order valence-corrected chi connectivity index (χ1v) is 3.17. The Morgan fingerprint density at radius 2 is 2.22 bits per heavy atom. The van der Waals surface area contributed by atoms with Crippen molar-refractivity contribution in [2.75, 3.05) is 6.61 Å².